The summed E-state index contributed by atoms with van der Waals surface area (Å²) in [7, 11) is 0. The van der Waals surface area contributed by atoms with E-state index in [-0.39, 0.29) is 0 Å². The number of anilines is 1. The molecule has 5 heteroatoms. The molecule has 1 aliphatic heterocycles. The van der Waals surface area contributed by atoms with Crippen LogP contribution in [-0.2, 0) is 12.8 Å². The van der Waals surface area contributed by atoms with Crippen LogP contribution in [0.1, 0.15) is 48.4 Å². The molecule has 2 aromatic heterocycles. The number of nitrogens with zero attached hydrogens (tertiary/aromatic N) is 3. The van der Waals surface area contributed by atoms with Crippen LogP contribution in [0.3, 0.4) is 0 Å². The summed E-state index contributed by atoms with van der Waals surface area (Å²) in [5, 5.41) is 4.94. The summed E-state index contributed by atoms with van der Waals surface area (Å²) in [6, 6.07) is 0. The number of hydrogen-bond donors (Lipinski definition) is 1. The van der Waals surface area contributed by atoms with Crippen molar-refractivity contribution in [2.24, 2.45) is 0 Å². The minimum absolute atomic E-state index is 0.886. The number of hydrogen-bond acceptors (Lipinski definition) is 5. The zero-order valence-electron chi connectivity index (χ0n) is 14.0. The van der Waals surface area contributed by atoms with Crippen molar-refractivity contribution in [3.63, 3.8) is 0 Å². The summed E-state index contributed by atoms with van der Waals surface area (Å²) in [4.78, 5) is 14.7. The molecule has 3 heterocycles. The van der Waals surface area contributed by atoms with Gasteiger partial charge in [-0.25, -0.2) is 9.97 Å². The van der Waals surface area contributed by atoms with Gasteiger partial charge in [0.15, 0.2) is 0 Å². The van der Waals surface area contributed by atoms with Crippen molar-refractivity contribution in [1.82, 2.24) is 14.9 Å². The van der Waals surface area contributed by atoms with Crippen molar-refractivity contribution < 1.29 is 0 Å². The number of aromatic nitrogens is 2. The molecule has 1 saturated heterocycles. The van der Waals surface area contributed by atoms with Crippen molar-refractivity contribution >= 4 is 27.4 Å². The lowest BCUT2D eigenvalue weighted by molar-refractivity contribution is 0.237. The number of piperidine rings is 1. The number of fused-ring (bicyclic) bond motifs is 3. The first-order valence-corrected chi connectivity index (χ1v) is 9.88. The average Bonchev–Trinajstić information content (AvgIpc) is 2.93. The molecule has 4 rings (SSSR count). The third kappa shape index (κ3) is 3.22. The van der Waals surface area contributed by atoms with Crippen molar-refractivity contribution in [3.8, 4) is 0 Å². The smallest absolute Gasteiger partial charge is 0.138 e. The molecule has 1 N–H and O–H groups in total. The van der Waals surface area contributed by atoms with Crippen LogP contribution in [0.4, 0.5) is 5.82 Å². The molecule has 2 aromatic rings. The van der Waals surface area contributed by atoms with E-state index in [0.29, 0.717) is 0 Å². The van der Waals surface area contributed by atoms with E-state index >= 15 is 0 Å². The fourth-order valence-corrected chi connectivity index (χ4v) is 5.21. The third-order valence-electron chi connectivity index (χ3n) is 5.10. The van der Waals surface area contributed by atoms with Gasteiger partial charge in [0.1, 0.15) is 16.5 Å². The van der Waals surface area contributed by atoms with E-state index in [4.69, 9.17) is 9.97 Å². The van der Waals surface area contributed by atoms with Crippen LogP contribution in [0, 0.1) is 6.92 Å². The second kappa shape index (κ2) is 6.73. The molecular formula is C18H26N4S. The Bertz CT molecular complexity index is 688. The molecule has 0 bridgehead atoms. The molecule has 0 aromatic carbocycles. The van der Waals surface area contributed by atoms with E-state index in [2.05, 4.69) is 10.2 Å². The van der Waals surface area contributed by atoms with Crippen LogP contribution in [0.5, 0.6) is 0 Å². The Morgan fingerprint density at radius 1 is 1.04 bits per heavy atom. The van der Waals surface area contributed by atoms with E-state index in [1.54, 1.807) is 4.88 Å². The van der Waals surface area contributed by atoms with Gasteiger partial charge in [-0.2, -0.15) is 0 Å². The second-order valence-electron chi connectivity index (χ2n) is 6.84. The third-order valence-corrected chi connectivity index (χ3v) is 6.28. The number of aryl methyl sites for hydroxylation is 3. The van der Waals surface area contributed by atoms with Gasteiger partial charge < -0.3 is 10.2 Å². The molecule has 23 heavy (non-hydrogen) atoms. The molecule has 1 aliphatic carbocycles. The Morgan fingerprint density at radius 2 is 1.87 bits per heavy atom. The summed E-state index contributed by atoms with van der Waals surface area (Å²) in [6.45, 7) is 6.63. The maximum absolute atomic E-state index is 4.73. The predicted octanol–water partition coefficient (Wildman–Crippen LogP) is 3.78. The Labute approximate surface area is 142 Å². The van der Waals surface area contributed by atoms with E-state index in [1.807, 2.05) is 18.3 Å². The van der Waals surface area contributed by atoms with Crippen LogP contribution in [0.2, 0.25) is 0 Å². The highest BCUT2D eigenvalue weighted by atomic mass is 32.1. The molecule has 4 nitrogen and oxygen atoms in total. The first-order valence-electron chi connectivity index (χ1n) is 9.06. The maximum Gasteiger partial charge on any atom is 0.138 e. The number of nitrogens with one attached hydrogen (secondary N) is 1. The lowest BCUT2D eigenvalue weighted by Gasteiger charge is -2.26. The zero-order valence-corrected chi connectivity index (χ0v) is 14.8. The quantitative estimate of drug-likeness (QED) is 0.926. The van der Waals surface area contributed by atoms with Crippen LogP contribution in [0.25, 0.3) is 10.2 Å². The molecule has 0 radical (unpaired) electrons. The second-order valence-corrected chi connectivity index (χ2v) is 7.92. The summed E-state index contributed by atoms with van der Waals surface area (Å²) in [5.74, 6) is 1.96. The fourth-order valence-electron chi connectivity index (χ4n) is 3.91. The van der Waals surface area contributed by atoms with Gasteiger partial charge in [-0.15, -0.1) is 11.3 Å². The highest BCUT2D eigenvalue weighted by Crippen LogP contribution is 2.38. The standard InChI is InChI=1S/C18H26N4S/c1-13-20-17(19-9-12-22-10-5-2-6-11-22)16-14-7-3-4-8-15(14)23-18(16)21-13/h2-12H2,1H3,(H,19,20,21). The van der Waals surface area contributed by atoms with E-state index in [1.165, 1.54) is 73.8 Å². The van der Waals surface area contributed by atoms with E-state index in [9.17, 15) is 0 Å². The Kier molecular flexibility index (Phi) is 4.49. The van der Waals surface area contributed by atoms with Gasteiger partial charge in [-0.3, -0.25) is 0 Å². The van der Waals surface area contributed by atoms with Gasteiger partial charge in [-0.05, 0) is 64.1 Å². The molecule has 0 spiro atoms. The molecule has 0 unspecified atom stereocenters. The van der Waals surface area contributed by atoms with Gasteiger partial charge >= 0.3 is 0 Å². The summed E-state index contributed by atoms with van der Waals surface area (Å²) >= 11 is 1.89. The van der Waals surface area contributed by atoms with Crippen molar-refractivity contribution in [2.45, 2.75) is 51.9 Å². The predicted molar refractivity (Wildman–Crippen MR) is 97.6 cm³/mol. The summed E-state index contributed by atoms with van der Waals surface area (Å²) in [6.07, 6.45) is 9.16. The topological polar surface area (TPSA) is 41.1 Å². The van der Waals surface area contributed by atoms with Gasteiger partial charge in [0, 0.05) is 18.0 Å². The number of likely N-dealkylation sites (tertiary alicyclic amines) is 1. The summed E-state index contributed by atoms with van der Waals surface area (Å²) in [5.41, 5.74) is 1.52. The van der Waals surface area contributed by atoms with Crippen LogP contribution < -0.4 is 5.32 Å². The number of rotatable bonds is 4. The van der Waals surface area contributed by atoms with E-state index in [0.717, 1.165) is 24.7 Å². The molecule has 0 atom stereocenters. The van der Waals surface area contributed by atoms with Gasteiger partial charge in [0.25, 0.3) is 0 Å². The van der Waals surface area contributed by atoms with Crippen LogP contribution in [0.15, 0.2) is 0 Å². The molecule has 124 valence electrons. The number of thiophene rings is 1. The zero-order chi connectivity index (χ0) is 15.6. The van der Waals surface area contributed by atoms with Gasteiger partial charge in [0.05, 0.1) is 5.39 Å². The van der Waals surface area contributed by atoms with Gasteiger partial charge in [0.2, 0.25) is 0 Å². The Morgan fingerprint density at radius 3 is 2.74 bits per heavy atom. The SMILES string of the molecule is Cc1nc(NCCN2CCCCC2)c2c3c(sc2n1)CCCC3. The Balaban J connectivity index is 1.54. The monoisotopic (exact) mass is 330 g/mol. The fraction of sp³-hybridized carbons (Fsp3) is 0.667. The minimum Gasteiger partial charge on any atom is -0.368 e. The van der Waals surface area contributed by atoms with Crippen molar-refractivity contribution in [2.75, 3.05) is 31.5 Å². The van der Waals surface area contributed by atoms with Crippen molar-refractivity contribution in [3.05, 3.63) is 16.3 Å². The summed E-state index contributed by atoms with van der Waals surface area (Å²) < 4.78 is 0. The highest BCUT2D eigenvalue weighted by molar-refractivity contribution is 7.19. The first kappa shape index (κ1) is 15.3. The maximum atomic E-state index is 4.73. The first-order chi connectivity index (χ1) is 11.3. The van der Waals surface area contributed by atoms with E-state index < -0.39 is 0 Å². The average molecular weight is 331 g/mol. The minimum atomic E-state index is 0.886. The Hall–Kier alpha value is -1.20. The van der Waals surface area contributed by atoms with Gasteiger partial charge in [-0.1, -0.05) is 6.42 Å². The van der Waals surface area contributed by atoms with Crippen LogP contribution in [-0.4, -0.2) is 41.0 Å². The molecule has 0 amide bonds. The lowest BCUT2D eigenvalue weighted by atomic mass is 9.97. The molecule has 2 aliphatic rings. The largest absolute Gasteiger partial charge is 0.368 e. The normalized spacial score (nSPS) is 19.0. The highest BCUT2D eigenvalue weighted by Gasteiger charge is 2.20. The van der Waals surface area contributed by atoms with Crippen molar-refractivity contribution in [1.29, 1.82) is 0 Å². The van der Waals surface area contributed by atoms with Crippen LogP contribution >= 0.6 is 11.3 Å². The molecule has 0 saturated carbocycles. The lowest BCUT2D eigenvalue weighted by Crippen LogP contribution is -2.33. The molecule has 1 fully saturated rings. The molecular weight excluding hydrogens is 304 g/mol.